The Kier molecular flexibility index (Phi) is 5.86. The maximum atomic E-state index is 5.13. The largest absolute Gasteiger partial charge is 0.309 e. The molecule has 0 N–H and O–H groups in total. The summed E-state index contributed by atoms with van der Waals surface area (Å²) in [5.41, 5.74) is 10.6. The van der Waals surface area contributed by atoms with Crippen molar-refractivity contribution in [2.75, 3.05) is 0 Å². The van der Waals surface area contributed by atoms with Crippen molar-refractivity contribution in [1.82, 2.24) is 28.7 Å². The van der Waals surface area contributed by atoms with E-state index in [0.717, 1.165) is 72.8 Å². The highest BCUT2D eigenvalue weighted by atomic mass is 15.3. The summed E-state index contributed by atoms with van der Waals surface area (Å²) in [5, 5.41) is 15.4. The molecule has 0 unspecified atom stereocenters. The summed E-state index contributed by atoms with van der Waals surface area (Å²) < 4.78 is 6.87. The second-order valence-corrected chi connectivity index (χ2v) is 13.0. The fourth-order valence-electron chi connectivity index (χ4n) is 7.87. The lowest BCUT2D eigenvalue weighted by molar-refractivity contribution is 1.07. The minimum absolute atomic E-state index is 0.800. The normalized spacial score (nSPS) is 11.9. The van der Waals surface area contributed by atoms with Crippen molar-refractivity contribution in [1.29, 1.82) is 0 Å². The summed E-state index contributed by atoms with van der Waals surface area (Å²) in [6.07, 6.45) is 0. The van der Waals surface area contributed by atoms with E-state index >= 15 is 0 Å². The van der Waals surface area contributed by atoms with Gasteiger partial charge < -0.3 is 4.57 Å². The van der Waals surface area contributed by atoms with E-state index in [1.165, 1.54) is 21.5 Å². The summed E-state index contributed by atoms with van der Waals surface area (Å²) in [6, 6.07) is 59.8. The molecular weight excluding hydrogens is 625 g/mol. The molecule has 0 aliphatic heterocycles. The summed E-state index contributed by atoms with van der Waals surface area (Å²) in [4.78, 5) is 5.13. The van der Waals surface area contributed by atoms with Crippen LogP contribution in [0.5, 0.6) is 0 Å². The van der Waals surface area contributed by atoms with Gasteiger partial charge in [0.1, 0.15) is 5.65 Å². The van der Waals surface area contributed by atoms with Gasteiger partial charge in [-0.25, -0.2) is 4.98 Å². The van der Waals surface area contributed by atoms with Crippen molar-refractivity contribution in [3.8, 4) is 34.2 Å². The summed E-state index contributed by atoms with van der Waals surface area (Å²) >= 11 is 0. The smallest absolute Gasteiger partial charge is 0.168 e. The zero-order valence-corrected chi connectivity index (χ0v) is 27.3. The van der Waals surface area contributed by atoms with Crippen molar-refractivity contribution in [3.05, 3.63) is 170 Å². The summed E-state index contributed by atoms with van der Waals surface area (Å²) in [5.74, 6) is 1.60. The highest BCUT2D eigenvalue weighted by Crippen LogP contribution is 2.39. The molecule has 0 saturated heterocycles. The number of rotatable bonds is 4. The number of imidazole rings is 1. The first kappa shape index (κ1) is 27.9. The Morgan fingerprint density at radius 3 is 1.57 bits per heavy atom. The zero-order valence-electron chi connectivity index (χ0n) is 27.3. The van der Waals surface area contributed by atoms with Crippen LogP contribution in [-0.4, -0.2) is 28.7 Å². The topological polar surface area (TPSA) is 52.9 Å². The molecule has 7 aromatic carbocycles. The maximum Gasteiger partial charge on any atom is 0.168 e. The van der Waals surface area contributed by atoms with Crippen LogP contribution in [0.25, 0.3) is 94.3 Å². The molecule has 238 valence electrons. The molecule has 0 atom stereocenters. The van der Waals surface area contributed by atoms with Gasteiger partial charge in [0, 0.05) is 44.0 Å². The first-order valence-electron chi connectivity index (χ1n) is 17.1. The molecule has 0 saturated carbocycles. The minimum atomic E-state index is 0.800. The average Bonchev–Trinajstić information content (AvgIpc) is 3.91. The fourth-order valence-corrected chi connectivity index (χ4v) is 7.87. The van der Waals surface area contributed by atoms with Crippen LogP contribution in [0.2, 0.25) is 0 Å². The third-order valence-electron chi connectivity index (χ3n) is 10.1. The first-order chi connectivity index (χ1) is 25.3. The Morgan fingerprint density at radius 1 is 0.353 bits per heavy atom. The molecule has 4 aromatic heterocycles. The summed E-state index contributed by atoms with van der Waals surface area (Å²) in [6.45, 7) is 0. The Bertz CT molecular complexity index is 3060. The van der Waals surface area contributed by atoms with Gasteiger partial charge >= 0.3 is 0 Å². The highest BCUT2D eigenvalue weighted by molar-refractivity contribution is 6.20. The molecule has 6 nitrogen and oxygen atoms in total. The number of fused-ring (bicyclic) bond motifs is 11. The van der Waals surface area contributed by atoms with Crippen LogP contribution in [0.15, 0.2) is 170 Å². The monoisotopic (exact) mass is 652 g/mol. The van der Waals surface area contributed by atoms with E-state index in [9.17, 15) is 0 Å². The molecule has 0 fully saturated rings. The molecule has 0 bridgehead atoms. The second kappa shape index (κ2) is 10.7. The van der Waals surface area contributed by atoms with E-state index in [2.05, 4.69) is 157 Å². The molecule has 0 amide bonds. The molecule has 0 spiro atoms. The van der Waals surface area contributed by atoms with E-state index in [1.807, 2.05) is 36.4 Å². The minimum Gasteiger partial charge on any atom is -0.309 e. The molecule has 6 heteroatoms. The number of benzene rings is 7. The quantitative estimate of drug-likeness (QED) is 0.178. The van der Waals surface area contributed by atoms with E-state index in [1.54, 1.807) is 0 Å². The Morgan fingerprint density at radius 2 is 0.882 bits per heavy atom. The van der Waals surface area contributed by atoms with Gasteiger partial charge in [-0.2, -0.15) is 0 Å². The van der Waals surface area contributed by atoms with Crippen LogP contribution in [0.3, 0.4) is 0 Å². The molecule has 0 radical (unpaired) electrons. The van der Waals surface area contributed by atoms with Crippen LogP contribution in [0.1, 0.15) is 0 Å². The van der Waals surface area contributed by atoms with Gasteiger partial charge in [-0.1, -0.05) is 115 Å². The lowest BCUT2D eigenvalue weighted by atomic mass is 10.0. The Labute approximate surface area is 292 Å². The molecule has 4 heterocycles. The van der Waals surface area contributed by atoms with E-state index in [-0.39, 0.29) is 0 Å². The van der Waals surface area contributed by atoms with Gasteiger partial charge in [0.05, 0.1) is 27.6 Å². The molecule has 11 rings (SSSR count). The van der Waals surface area contributed by atoms with Crippen molar-refractivity contribution in [3.63, 3.8) is 0 Å². The number of pyridine rings is 1. The molecular formula is C45H28N6. The number of nitrogens with zero attached hydrogens (tertiary/aromatic N) is 6. The lowest BCUT2D eigenvalue weighted by Crippen LogP contribution is -2.01. The van der Waals surface area contributed by atoms with E-state index < -0.39 is 0 Å². The van der Waals surface area contributed by atoms with Crippen LogP contribution < -0.4 is 0 Å². The van der Waals surface area contributed by atoms with Crippen molar-refractivity contribution < 1.29 is 0 Å². The van der Waals surface area contributed by atoms with Gasteiger partial charge in [0.25, 0.3) is 0 Å². The van der Waals surface area contributed by atoms with Crippen LogP contribution in [0.4, 0.5) is 0 Å². The van der Waals surface area contributed by atoms with Crippen molar-refractivity contribution in [2.24, 2.45) is 0 Å². The predicted octanol–water partition coefficient (Wildman–Crippen LogP) is 10.8. The van der Waals surface area contributed by atoms with Crippen LogP contribution >= 0.6 is 0 Å². The maximum absolute atomic E-state index is 5.13. The fraction of sp³-hybridized carbons (Fsp3) is 0. The van der Waals surface area contributed by atoms with Crippen LogP contribution in [0, 0.1) is 0 Å². The van der Waals surface area contributed by atoms with Gasteiger partial charge in [0.15, 0.2) is 11.6 Å². The van der Waals surface area contributed by atoms with Gasteiger partial charge in [-0.05, 0) is 60.0 Å². The lowest BCUT2D eigenvalue weighted by Gasteiger charge is -2.14. The highest BCUT2D eigenvalue weighted by Gasteiger charge is 2.20. The van der Waals surface area contributed by atoms with Crippen LogP contribution in [-0.2, 0) is 0 Å². The first-order valence-corrected chi connectivity index (χ1v) is 17.1. The number of hydrogen-bond donors (Lipinski definition) is 0. The third-order valence-corrected chi connectivity index (χ3v) is 10.1. The number of hydrogen-bond acceptors (Lipinski definition) is 3. The second-order valence-electron chi connectivity index (χ2n) is 13.0. The number of para-hydroxylation sites is 3. The Balaban J connectivity index is 1.17. The van der Waals surface area contributed by atoms with Gasteiger partial charge in [-0.15, -0.1) is 10.2 Å². The SMILES string of the molecule is c1ccc(-c2nnc(-c3ccccc3)n2-c2ccc(-n3c4ccccc4c4cc5c6ccccc6c6nc7ccccc7n6c5cc43)cc2)cc1. The Hall–Kier alpha value is -7.05. The van der Waals surface area contributed by atoms with Gasteiger partial charge in [-0.3, -0.25) is 8.97 Å². The third kappa shape index (κ3) is 4.07. The van der Waals surface area contributed by atoms with E-state index in [4.69, 9.17) is 4.98 Å². The van der Waals surface area contributed by atoms with E-state index in [0.29, 0.717) is 0 Å². The average molecular weight is 653 g/mol. The summed E-state index contributed by atoms with van der Waals surface area (Å²) in [7, 11) is 0. The number of aromatic nitrogens is 6. The van der Waals surface area contributed by atoms with Crippen molar-refractivity contribution in [2.45, 2.75) is 0 Å². The van der Waals surface area contributed by atoms with Gasteiger partial charge in [0.2, 0.25) is 0 Å². The molecule has 0 aliphatic rings. The zero-order chi connectivity index (χ0) is 33.5. The molecule has 11 aromatic rings. The van der Waals surface area contributed by atoms with Crippen molar-refractivity contribution >= 4 is 60.2 Å². The standard InChI is InChI=1S/C45H28N6/c1-3-13-29(14-4-1)43-47-48-44(30-15-5-2-6-16-30)50(43)32-25-23-31(24-26-32)49-39-21-11-9-18-34(39)37-27-36-33-17-7-8-19-35(33)45-46-38-20-10-12-22-40(38)51(45)42(36)28-41(37)49/h1-28H. The predicted molar refractivity (Wildman–Crippen MR) is 208 cm³/mol. The molecule has 51 heavy (non-hydrogen) atoms. The molecule has 0 aliphatic carbocycles.